The van der Waals surface area contributed by atoms with E-state index in [0.717, 1.165) is 12.1 Å². The molecule has 0 N–H and O–H groups in total. The van der Waals surface area contributed by atoms with E-state index in [1.54, 1.807) is 6.20 Å². The Bertz CT molecular complexity index is 546. The lowest BCUT2D eigenvalue weighted by molar-refractivity contribution is -0.137. The van der Waals surface area contributed by atoms with Gasteiger partial charge < -0.3 is 4.40 Å². The van der Waals surface area contributed by atoms with Gasteiger partial charge in [-0.05, 0) is 18.2 Å². The summed E-state index contributed by atoms with van der Waals surface area (Å²) in [6, 6.07) is 5.27. The fraction of sp³-hybridized carbons (Fsp3) is 0.100. The smallest absolute Gasteiger partial charge is 0.323 e. The Morgan fingerprint density at radius 3 is 2.47 bits per heavy atom. The highest BCUT2D eigenvalue weighted by Gasteiger charge is 2.30. The predicted octanol–water partition coefficient (Wildman–Crippen LogP) is 2.83. The van der Waals surface area contributed by atoms with Gasteiger partial charge in [-0.1, -0.05) is 0 Å². The second-order valence-electron chi connectivity index (χ2n) is 3.05. The standard InChI is InChI=1S/C10H5F3N2/c11-10(12,13)8-2-4-15-3-1-7(6-14)9(15)5-8/h1-5H. The fourth-order valence-electron chi connectivity index (χ4n) is 1.37. The summed E-state index contributed by atoms with van der Waals surface area (Å²) in [7, 11) is 0. The summed E-state index contributed by atoms with van der Waals surface area (Å²) < 4.78 is 38.6. The number of nitrogens with zero attached hydrogens (tertiary/aromatic N) is 2. The van der Waals surface area contributed by atoms with Crippen molar-refractivity contribution < 1.29 is 13.2 Å². The van der Waals surface area contributed by atoms with E-state index in [1.807, 2.05) is 6.07 Å². The van der Waals surface area contributed by atoms with E-state index in [1.165, 1.54) is 16.7 Å². The molecule has 2 heterocycles. The molecule has 5 heteroatoms. The first-order valence-electron chi connectivity index (χ1n) is 4.10. The molecule has 0 aliphatic carbocycles. The van der Waals surface area contributed by atoms with E-state index in [-0.39, 0.29) is 11.1 Å². The van der Waals surface area contributed by atoms with Gasteiger partial charge in [-0.15, -0.1) is 0 Å². The van der Waals surface area contributed by atoms with Gasteiger partial charge in [-0.2, -0.15) is 18.4 Å². The van der Waals surface area contributed by atoms with Gasteiger partial charge >= 0.3 is 6.18 Å². The molecule has 2 aromatic rings. The zero-order valence-corrected chi connectivity index (χ0v) is 7.42. The average Bonchev–Trinajstić information content (AvgIpc) is 2.57. The summed E-state index contributed by atoms with van der Waals surface area (Å²) in [6.07, 6.45) is -1.54. The minimum atomic E-state index is -4.38. The summed E-state index contributed by atoms with van der Waals surface area (Å²) in [5.41, 5.74) is -0.237. The number of aromatic nitrogens is 1. The molecule has 0 saturated heterocycles. The van der Waals surface area contributed by atoms with Crippen LogP contribution in [0.15, 0.2) is 30.6 Å². The van der Waals surface area contributed by atoms with Crippen molar-refractivity contribution in [3.63, 3.8) is 0 Å². The van der Waals surface area contributed by atoms with Crippen molar-refractivity contribution in [2.75, 3.05) is 0 Å². The van der Waals surface area contributed by atoms with Crippen molar-refractivity contribution in [2.45, 2.75) is 6.18 Å². The number of alkyl halides is 3. The van der Waals surface area contributed by atoms with E-state index in [2.05, 4.69) is 0 Å². The Balaban J connectivity index is 2.69. The quantitative estimate of drug-likeness (QED) is 0.657. The molecule has 2 aromatic heterocycles. The van der Waals surface area contributed by atoms with Crippen LogP contribution < -0.4 is 0 Å². The average molecular weight is 210 g/mol. The van der Waals surface area contributed by atoms with Gasteiger partial charge in [0, 0.05) is 12.4 Å². The largest absolute Gasteiger partial charge is 0.416 e. The molecule has 0 spiro atoms. The van der Waals surface area contributed by atoms with Crippen LogP contribution in [0.1, 0.15) is 11.1 Å². The zero-order chi connectivity index (χ0) is 11.1. The third-order valence-corrected chi connectivity index (χ3v) is 2.11. The first-order chi connectivity index (χ1) is 7.02. The van der Waals surface area contributed by atoms with Crippen molar-refractivity contribution in [1.82, 2.24) is 4.40 Å². The van der Waals surface area contributed by atoms with Crippen molar-refractivity contribution in [3.8, 4) is 6.07 Å². The molecule has 0 unspecified atom stereocenters. The second-order valence-corrected chi connectivity index (χ2v) is 3.05. The first kappa shape index (κ1) is 9.59. The molecule has 0 aliphatic rings. The topological polar surface area (TPSA) is 28.2 Å². The van der Waals surface area contributed by atoms with Crippen LogP contribution in [0.2, 0.25) is 0 Å². The van der Waals surface area contributed by atoms with Gasteiger partial charge in [0.25, 0.3) is 0 Å². The van der Waals surface area contributed by atoms with Gasteiger partial charge in [0.1, 0.15) is 6.07 Å². The van der Waals surface area contributed by atoms with Crippen LogP contribution in [0.4, 0.5) is 13.2 Å². The molecule has 0 radical (unpaired) electrons. The molecule has 0 aromatic carbocycles. The lowest BCUT2D eigenvalue weighted by atomic mass is 10.2. The van der Waals surface area contributed by atoms with E-state index < -0.39 is 11.7 Å². The number of hydrogen-bond acceptors (Lipinski definition) is 1. The molecule has 0 atom stereocenters. The summed E-state index contributed by atoms with van der Waals surface area (Å²) >= 11 is 0. The van der Waals surface area contributed by atoms with Crippen molar-refractivity contribution in [1.29, 1.82) is 5.26 Å². The zero-order valence-electron chi connectivity index (χ0n) is 7.42. The monoisotopic (exact) mass is 210 g/mol. The van der Waals surface area contributed by atoms with Gasteiger partial charge in [0.05, 0.1) is 16.6 Å². The van der Waals surface area contributed by atoms with Crippen molar-refractivity contribution in [2.24, 2.45) is 0 Å². The normalized spacial score (nSPS) is 11.6. The Kier molecular flexibility index (Phi) is 1.93. The molecule has 2 nitrogen and oxygen atoms in total. The maximum atomic E-state index is 12.4. The number of fused-ring (bicyclic) bond motifs is 1. The number of pyridine rings is 1. The Morgan fingerprint density at radius 1 is 1.20 bits per heavy atom. The van der Waals surface area contributed by atoms with Crippen LogP contribution in [0.5, 0.6) is 0 Å². The third-order valence-electron chi connectivity index (χ3n) is 2.11. The van der Waals surface area contributed by atoms with E-state index in [0.29, 0.717) is 0 Å². The molecule has 0 saturated carbocycles. The van der Waals surface area contributed by atoms with Gasteiger partial charge in [-0.3, -0.25) is 0 Å². The minimum absolute atomic E-state index is 0.237. The number of halogens is 3. The van der Waals surface area contributed by atoms with Crippen molar-refractivity contribution >= 4 is 5.52 Å². The molecule has 2 rings (SSSR count). The third kappa shape index (κ3) is 1.54. The van der Waals surface area contributed by atoms with E-state index in [9.17, 15) is 13.2 Å². The molecule has 76 valence electrons. The molecule has 15 heavy (non-hydrogen) atoms. The van der Waals surface area contributed by atoms with Crippen molar-refractivity contribution in [3.05, 3.63) is 41.7 Å². The van der Waals surface area contributed by atoms with Gasteiger partial charge in [-0.25, -0.2) is 0 Å². The van der Waals surface area contributed by atoms with E-state index in [4.69, 9.17) is 5.26 Å². The highest BCUT2D eigenvalue weighted by atomic mass is 19.4. The molecule has 0 bridgehead atoms. The summed E-state index contributed by atoms with van der Waals surface area (Å²) in [5, 5.41) is 8.67. The number of nitriles is 1. The van der Waals surface area contributed by atoms with Gasteiger partial charge in [0.2, 0.25) is 0 Å². The number of hydrogen-bond donors (Lipinski definition) is 0. The molecule has 0 fully saturated rings. The summed E-state index contributed by atoms with van der Waals surface area (Å²) in [4.78, 5) is 0. The van der Waals surface area contributed by atoms with Crippen LogP contribution in [0, 0.1) is 11.3 Å². The van der Waals surface area contributed by atoms with Crippen LogP contribution in [0.3, 0.4) is 0 Å². The first-order valence-corrected chi connectivity index (χ1v) is 4.10. The minimum Gasteiger partial charge on any atom is -0.323 e. The molecular formula is C10H5F3N2. The predicted molar refractivity (Wildman–Crippen MR) is 47.1 cm³/mol. The fourth-order valence-corrected chi connectivity index (χ4v) is 1.37. The number of rotatable bonds is 0. The van der Waals surface area contributed by atoms with E-state index >= 15 is 0 Å². The molecule has 0 amide bonds. The lowest BCUT2D eigenvalue weighted by Crippen LogP contribution is -2.05. The Labute approximate surface area is 83.2 Å². The molecular weight excluding hydrogens is 205 g/mol. The van der Waals surface area contributed by atoms with Crippen LogP contribution in [-0.2, 0) is 6.18 Å². The Morgan fingerprint density at radius 2 is 1.87 bits per heavy atom. The molecule has 0 aliphatic heterocycles. The highest BCUT2D eigenvalue weighted by molar-refractivity contribution is 5.62. The maximum Gasteiger partial charge on any atom is 0.416 e. The van der Waals surface area contributed by atoms with Crippen LogP contribution in [0.25, 0.3) is 5.52 Å². The maximum absolute atomic E-state index is 12.4. The Hall–Kier alpha value is -1.96. The van der Waals surface area contributed by atoms with Crippen LogP contribution >= 0.6 is 0 Å². The van der Waals surface area contributed by atoms with Gasteiger partial charge in [0.15, 0.2) is 0 Å². The van der Waals surface area contributed by atoms with Crippen LogP contribution in [-0.4, -0.2) is 4.40 Å². The highest BCUT2D eigenvalue weighted by Crippen LogP contribution is 2.30. The second kappa shape index (κ2) is 3.02. The lowest BCUT2D eigenvalue weighted by Gasteiger charge is -2.06. The SMILES string of the molecule is N#Cc1ccn2ccc(C(F)(F)F)cc12. The summed E-state index contributed by atoms with van der Waals surface area (Å²) in [6.45, 7) is 0. The summed E-state index contributed by atoms with van der Waals surface area (Å²) in [5.74, 6) is 0.